The Balaban J connectivity index is 1.59. The van der Waals surface area contributed by atoms with E-state index < -0.39 is 46.4 Å². The number of carbonyl (C=O) groups excluding carboxylic acids is 3. The molecule has 2 aliphatic carbocycles. The molecule has 0 amide bonds. The number of aliphatic hydroxyl groups excluding tert-OH is 2. The van der Waals surface area contributed by atoms with Crippen LogP contribution in [0.5, 0.6) is 0 Å². The van der Waals surface area contributed by atoms with Gasteiger partial charge in [0.2, 0.25) is 0 Å². The highest BCUT2D eigenvalue weighted by Crippen LogP contribution is 2.72. The van der Waals surface area contributed by atoms with Gasteiger partial charge in [-0.05, 0) is 46.1 Å². The highest BCUT2D eigenvalue weighted by molar-refractivity contribution is 5.93. The van der Waals surface area contributed by atoms with Crippen LogP contribution in [-0.2, 0) is 33.3 Å². The van der Waals surface area contributed by atoms with Crippen molar-refractivity contribution >= 4 is 17.7 Å². The molecule has 4 rings (SSSR count). The molecule has 0 aromatic heterocycles. The fourth-order valence-corrected chi connectivity index (χ4v) is 6.43. The first-order valence-corrected chi connectivity index (χ1v) is 13.2. The van der Waals surface area contributed by atoms with Crippen molar-refractivity contribution in [2.24, 2.45) is 10.8 Å². The van der Waals surface area contributed by atoms with Crippen molar-refractivity contribution in [3.8, 4) is 0 Å². The number of aliphatic hydroxyl groups is 2. The Morgan fingerprint density at radius 1 is 1.24 bits per heavy atom. The molecule has 7 atom stereocenters. The van der Waals surface area contributed by atoms with Gasteiger partial charge in [-0.2, -0.15) is 0 Å². The zero-order valence-electron chi connectivity index (χ0n) is 22.5. The Kier molecular flexibility index (Phi) is 8.14. The van der Waals surface area contributed by atoms with Gasteiger partial charge in [0.25, 0.3) is 0 Å². The molecule has 38 heavy (non-hydrogen) atoms. The summed E-state index contributed by atoms with van der Waals surface area (Å²) in [4.78, 5) is 37.0. The molecule has 2 aliphatic heterocycles. The van der Waals surface area contributed by atoms with Crippen LogP contribution in [0.3, 0.4) is 0 Å². The van der Waals surface area contributed by atoms with E-state index in [0.717, 1.165) is 12.0 Å². The molecule has 2 bridgehead atoms. The Bertz CT molecular complexity index is 1080. The van der Waals surface area contributed by atoms with Crippen LogP contribution in [-0.4, -0.2) is 77.8 Å². The number of fused-ring (bicyclic) bond motifs is 2. The largest absolute Gasteiger partial charge is 0.462 e. The smallest absolute Gasteiger partial charge is 0.331 e. The van der Waals surface area contributed by atoms with Crippen LogP contribution in [0.1, 0.15) is 53.4 Å². The Hall–Kier alpha value is -2.59. The summed E-state index contributed by atoms with van der Waals surface area (Å²) < 4.78 is 24.5. The minimum Gasteiger partial charge on any atom is -0.462 e. The van der Waals surface area contributed by atoms with E-state index in [-0.39, 0.29) is 25.4 Å². The summed E-state index contributed by atoms with van der Waals surface area (Å²) in [5, 5.41) is 18.4. The predicted octanol–water partition coefficient (Wildman–Crippen LogP) is 2.51. The number of hydrogen-bond acceptors (Lipinski definition) is 9. The zero-order valence-corrected chi connectivity index (χ0v) is 22.5. The lowest BCUT2D eigenvalue weighted by Crippen LogP contribution is -2.66. The molecular weight excluding hydrogens is 492 g/mol. The molecular formula is C29H38O9. The maximum absolute atomic E-state index is 12.8. The monoisotopic (exact) mass is 530 g/mol. The highest BCUT2D eigenvalue weighted by atomic mass is 16.6. The number of epoxide rings is 1. The average molecular weight is 531 g/mol. The standard InChI is InChI=1S/C29H38O9/c1-18-9-11-28(16-35-26(34)14-19(2)10-12-30)23(13-18)37-24-15-22(27(28,4)29(24)17-36-29)38-25(33)8-6-5-7-21(32)20(3)31/h5-8,13-14,20,22-24,30-31H,9-12,15-17H2,1-4H3/b7-5+,8-6+,19-14+/t20-,22-,23-,24-,27-,28-,29+/m1/s1. The van der Waals surface area contributed by atoms with Gasteiger partial charge < -0.3 is 29.2 Å². The minimum atomic E-state index is -1.11. The lowest BCUT2D eigenvalue weighted by Gasteiger charge is -2.58. The normalized spacial score (nSPS) is 36.7. The van der Waals surface area contributed by atoms with E-state index in [1.54, 1.807) is 6.92 Å². The fraction of sp³-hybridized carbons (Fsp3) is 0.621. The van der Waals surface area contributed by atoms with E-state index in [2.05, 4.69) is 19.9 Å². The summed E-state index contributed by atoms with van der Waals surface area (Å²) in [6, 6.07) is 0. The summed E-state index contributed by atoms with van der Waals surface area (Å²) in [6.07, 6.45) is 8.78. The molecule has 0 unspecified atom stereocenters. The summed E-state index contributed by atoms with van der Waals surface area (Å²) in [6.45, 7) is 7.76. The van der Waals surface area contributed by atoms with Gasteiger partial charge in [0, 0.05) is 30.6 Å². The molecule has 1 saturated carbocycles. The molecule has 3 fully saturated rings. The first kappa shape index (κ1) is 28.4. The first-order valence-electron chi connectivity index (χ1n) is 13.2. The third-order valence-electron chi connectivity index (χ3n) is 8.83. The number of rotatable bonds is 10. The van der Waals surface area contributed by atoms with Crippen molar-refractivity contribution < 1.29 is 43.5 Å². The van der Waals surface area contributed by atoms with Gasteiger partial charge in [-0.15, -0.1) is 0 Å². The van der Waals surface area contributed by atoms with E-state index in [4.69, 9.17) is 24.1 Å². The number of hydrogen-bond donors (Lipinski definition) is 2. The van der Waals surface area contributed by atoms with Crippen LogP contribution in [0.15, 0.2) is 47.6 Å². The highest BCUT2D eigenvalue weighted by Gasteiger charge is 2.83. The van der Waals surface area contributed by atoms with Crippen LogP contribution in [0.25, 0.3) is 0 Å². The van der Waals surface area contributed by atoms with Crippen LogP contribution < -0.4 is 0 Å². The summed E-state index contributed by atoms with van der Waals surface area (Å²) in [7, 11) is 0. The lowest BCUT2D eigenvalue weighted by atomic mass is 9.51. The quantitative estimate of drug-likeness (QED) is 0.144. The molecule has 4 aliphatic rings. The molecule has 0 radical (unpaired) electrons. The Morgan fingerprint density at radius 2 is 1.95 bits per heavy atom. The van der Waals surface area contributed by atoms with Crippen molar-refractivity contribution in [1.29, 1.82) is 0 Å². The molecule has 0 aromatic rings. The predicted molar refractivity (Wildman–Crippen MR) is 137 cm³/mol. The summed E-state index contributed by atoms with van der Waals surface area (Å²) in [5.74, 6) is -1.52. The van der Waals surface area contributed by atoms with Crippen LogP contribution >= 0.6 is 0 Å². The van der Waals surface area contributed by atoms with E-state index in [1.807, 2.05) is 0 Å². The number of carbonyl (C=O) groups is 3. The van der Waals surface area contributed by atoms with Gasteiger partial charge in [-0.1, -0.05) is 36.3 Å². The molecule has 2 heterocycles. The second-order valence-corrected chi connectivity index (χ2v) is 11.1. The maximum atomic E-state index is 12.8. The Labute approximate surface area is 223 Å². The van der Waals surface area contributed by atoms with Crippen molar-refractivity contribution in [3.05, 3.63) is 47.6 Å². The summed E-state index contributed by atoms with van der Waals surface area (Å²) in [5.41, 5.74) is -0.0706. The molecule has 208 valence electrons. The molecule has 1 spiro atoms. The second kappa shape index (κ2) is 10.9. The third-order valence-corrected chi connectivity index (χ3v) is 8.83. The first-order chi connectivity index (χ1) is 18.0. The van der Waals surface area contributed by atoms with Gasteiger partial charge in [0.05, 0.1) is 24.2 Å². The summed E-state index contributed by atoms with van der Waals surface area (Å²) >= 11 is 0. The van der Waals surface area contributed by atoms with E-state index >= 15 is 0 Å². The third kappa shape index (κ3) is 4.93. The number of ether oxygens (including phenoxy) is 4. The number of ketones is 1. The SMILES string of the molecule is CC1=C[C@H]2O[C@@H]3C[C@@H](OC(=O)/C=C/C=C/C(=O)[C@@H](C)O)[C@](C)([C@@]2(COC(=O)/C=C(\C)CCO)CC1)[C@]31CO1. The topological polar surface area (TPSA) is 132 Å². The van der Waals surface area contributed by atoms with Crippen molar-refractivity contribution in [2.75, 3.05) is 19.8 Å². The number of esters is 2. The van der Waals surface area contributed by atoms with Crippen molar-refractivity contribution in [2.45, 2.75) is 83.4 Å². The van der Waals surface area contributed by atoms with Crippen molar-refractivity contribution in [1.82, 2.24) is 0 Å². The molecule has 2 saturated heterocycles. The van der Waals surface area contributed by atoms with Crippen molar-refractivity contribution in [3.63, 3.8) is 0 Å². The zero-order chi connectivity index (χ0) is 27.7. The second-order valence-electron chi connectivity index (χ2n) is 11.1. The molecule has 9 nitrogen and oxygen atoms in total. The van der Waals surface area contributed by atoms with E-state index in [1.165, 1.54) is 42.9 Å². The maximum Gasteiger partial charge on any atom is 0.331 e. The van der Waals surface area contributed by atoms with Crippen LogP contribution in [0.2, 0.25) is 0 Å². The average Bonchev–Trinajstić information content (AvgIpc) is 3.63. The fourth-order valence-electron chi connectivity index (χ4n) is 6.43. The molecule has 9 heteroatoms. The van der Waals surface area contributed by atoms with E-state index in [9.17, 15) is 19.5 Å². The molecule has 0 aromatic carbocycles. The Morgan fingerprint density at radius 3 is 2.61 bits per heavy atom. The van der Waals surface area contributed by atoms with Gasteiger partial charge in [0.15, 0.2) is 5.78 Å². The van der Waals surface area contributed by atoms with Gasteiger partial charge in [0.1, 0.15) is 24.4 Å². The minimum absolute atomic E-state index is 0.0486. The van der Waals surface area contributed by atoms with Gasteiger partial charge in [-0.25, -0.2) is 9.59 Å². The van der Waals surface area contributed by atoms with Gasteiger partial charge in [-0.3, -0.25) is 4.79 Å². The van der Waals surface area contributed by atoms with Gasteiger partial charge >= 0.3 is 11.9 Å². The van der Waals surface area contributed by atoms with Crippen LogP contribution in [0.4, 0.5) is 0 Å². The number of allylic oxidation sites excluding steroid dienone is 3. The van der Waals surface area contributed by atoms with Crippen LogP contribution in [0, 0.1) is 10.8 Å². The van der Waals surface area contributed by atoms with E-state index in [0.29, 0.717) is 25.9 Å². The lowest BCUT2D eigenvalue weighted by molar-refractivity contribution is -0.232. The molecule has 2 N–H and O–H groups in total.